The van der Waals surface area contributed by atoms with Gasteiger partial charge in [-0.05, 0) is 79.3 Å². The standard InChI is InChI=1S/C28H36N4O3/c1-18(2)16-28(3)26(34)32(27(29)31-28)17-19-5-7-20(8-6-19)24-14-9-21(24)15-25(33)30-22-10-12-23(35-4)13-11-22/h5-8,10-13,18,21,24H,9,14-17H2,1-4H3,(H2,29,31)(H,30,33). The van der Waals surface area contributed by atoms with Crippen LogP contribution in [0.2, 0.25) is 0 Å². The summed E-state index contributed by atoms with van der Waals surface area (Å²) in [7, 11) is 1.62. The minimum Gasteiger partial charge on any atom is -0.497 e. The highest BCUT2D eigenvalue weighted by atomic mass is 16.5. The van der Waals surface area contributed by atoms with Crippen molar-refractivity contribution in [1.82, 2.24) is 4.90 Å². The molecule has 1 heterocycles. The largest absolute Gasteiger partial charge is 0.497 e. The summed E-state index contributed by atoms with van der Waals surface area (Å²) in [5.74, 6) is 2.12. The molecule has 0 aromatic heterocycles. The van der Waals surface area contributed by atoms with Crippen LogP contribution in [0.5, 0.6) is 5.75 Å². The van der Waals surface area contributed by atoms with Crippen LogP contribution < -0.4 is 15.8 Å². The molecule has 0 bridgehead atoms. The zero-order valence-corrected chi connectivity index (χ0v) is 21.1. The summed E-state index contributed by atoms with van der Waals surface area (Å²) < 4.78 is 5.16. The van der Waals surface area contributed by atoms with Crippen LogP contribution in [0.15, 0.2) is 53.5 Å². The third kappa shape index (κ3) is 5.50. The van der Waals surface area contributed by atoms with E-state index in [1.807, 2.05) is 31.2 Å². The van der Waals surface area contributed by atoms with Gasteiger partial charge in [-0.3, -0.25) is 14.5 Å². The number of carbonyl (C=O) groups is 2. The fourth-order valence-corrected chi connectivity index (χ4v) is 5.27. The fraction of sp³-hybridized carbons (Fsp3) is 0.464. The molecule has 2 aromatic rings. The second kappa shape index (κ2) is 10.1. The lowest BCUT2D eigenvalue weighted by atomic mass is 9.68. The Hall–Kier alpha value is -3.35. The number of ether oxygens (including phenoxy) is 1. The summed E-state index contributed by atoms with van der Waals surface area (Å²) in [6, 6.07) is 15.7. The lowest BCUT2D eigenvalue weighted by molar-refractivity contribution is -0.131. The number of methoxy groups -OCH3 is 1. The van der Waals surface area contributed by atoms with Gasteiger partial charge in [0.05, 0.1) is 13.7 Å². The number of nitrogens with zero attached hydrogens (tertiary/aromatic N) is 2. The van der Waals surface area contributed by atoms with Gasteiger partial charge in [0.15, 0.2) is 5.96 Å². The quantitative estimate of drug-likeness (QED) is 0.549. The summed E-state index contributed by atoms with van der Waals surface area (Å²) in [5, 5.41) is 2.99. The number of aliphatic imine (C=N–C) groups is 1. The van der Waals surface area contributed by atoms with Crippen molar-refractivity contribution in [2.45, 2.75) is 64.5 Å². The molecule has 2 aromatic carbocycles. The highest BCUT2D eigenvalue weighted by Gasteiger charge is 2.44. The molecule has 2 aliphatic rings. The molecule has 7 nitrogen and oxygen atoms in total. The van der Waals surface area contributed by atoms with E-state index in [1.54, 1.807) is 12.0 Å². The maximum atomic E-state index is 13.0. The number of rotatable bonds is 9. The summed E-state index contributed by atoms with van der Waals surface area (Å²) in [4.78, 5) is 31.7. The van der Waals surface area contributed by atoms with Crippen LogP contribution in [0, 0.1) is 11.8 Å². The molecular weight excluding hydrogens is 440 g/mol. The summed E-state index contributed by atoms with van der Waals surface area (Å²) >= 11 is 0. The van der Waals surface area contributed by atoms with Gasteiger partial charge in [-0.15, -0.1) is 0 Å². The van der Waals surface area contributed by atoms with Crippen LogP contribution in [0.1, 0.15) is 63.5 Å². The fourth-order valence-electron chi connectivity index (χ4n) is 5.27. The van der Waals surface area contributed by atoms with Gasteiger partial charge in [-0.2, -0.15) is 0 Å². The molecule has 2 amide bonds. The van der Waals surface area contributed by atoms with Gasteiger partial charge >= 0.3 is 0 Å². The van der Waals surface area contributed by atoms with Gasteiger partial charge in [0.25, 0.3) is 5.91 Å². The smallest absolute Gasteiger partial charge is 0.257 e. The normalized spacial score (nSPS) is 23.7. The van der Waals surface area contributed by atoms with E-state index < -0.39 is 5.54 Å². The van der Waals surface area contributed by atoms with E-state index in [2.05, 4.69) is 48.4 Å². The van der Waals surface area contributed by atoms with E-state index in [9.17, 15) is 9.59 Å². The molecule has 1 fully saturated rings. The first kappa shape index (κ1) is 24.8. The third-order valence-corrected chi connectivity index (χ3v) is 7.14. The molecule has 7 heteroatoms. The third-order valence-electron chi connectivity index (χ3n) is 7.14. The lowest BCUT2D eigenvalue weighted by Gasteiger charge is -2.37. The van der Waals surface area contributed by atoms with Crippen LogP contribution in [0.4, 0.5) is 5.69 Å². The van der Waals surface area contributed by atoms with E-state index in [0.29, 0.717) is 43.1 Å². The highest BCUT2D eigenvalue weighted by molar-refractivity contribution is 6.06. The average Bonchev–Trinajstić information content (AvgIpc) is 3.00. The Morgan fingerprint density at radius 1 is 1.17 bits per heavy atom. The number of nitrogens with two attached hydrogens (primary N) is 1. The van der Waals surface area contributed by atoms with Crippen LogP contribution in [-0.4, -0.2) is 35.3 Å². The number of nitrogens with one attached hydrogen (secondary N) is 1. The van der Waals surface area contributed by atoms with Crippen molar-refractivity contribution in [1.29, 1.82) is 0 Å². The van der Waals surface area contributed by atoms with Crippen molar-refractivity contribution < 1.29 is 14.3 Å². The Kier molecular flexibility index (Phi) is 7.15. The zero-order valence-electron chi connectivity index (χ0n) is 21.1. The van der Waals surface area contributed by atoms with Crippen LogP contribution in [-0.2, 0) is 16.1 Å². The molecule has 0 radical (unpaired) electrons. The molecular formula is C28H36N4O3. The van der Waals surface area contributed by atoms with Gasteiger partial charge in [-0.25, -0.2) is 4.99 Å². The molecule has 3 atom stereocenters. The van der Waals surface area contributed by atoms with Gasteiger partial charge in [0.1, 0.15) is 11.3 Å². The number of carbonyl (C=O) groups excluding carboxylic acids is 2. The molecule has 1 aliphatic carbocycles. The summed E-state index contributed by atoms with van der Waals surface area (Å²) in [5.41, 5.74) is 8.38. The van der Waals surface area contributed by atoms with Gasteiger partial charge in [0.2, 0.25) is 5.91 Å². The average molecular weight is 477 g/mol. The Balaban J connectivity index is 1.33. The minimum atomic E-state index is -0.774. The van der Waals surface area contributed by atoms with Gasteiger partial charge in [0, 0.05) is 12.1 Å². The Morgan fingerprint density at radius 3 is 2.43 bits per heavy atom. The molecule has 3 unspecified atom stereocenters. The van der Waals surface area contributed by atoms with Crippen molar-refractivity contribution in [2.75, 3.05) is 12.4 Å². The Morgan fingerprint density at radius 2 is 1.86 bits per heavy atom. The topological polar surface area (TPSA) is 97.0 Å². The summed E-state index contributed by atoms with van der Waals surface area (Å²) in [6.45, 7) is 6.46. The lowest BCUT2D eigenvalue weighted by Crippen LogP contribution is -2.43. The number of anilines is 1. The summed E-state index contributed by atoms with van der Waals surface area (Å²) in [6.07, 6.45) is 3.31. The maximum absolute atomic E-state index is 13.0. The maximum Gasteiger partial charge on any atom is 0.257 e. The van der Waals surface area contributed by atoms with Gasteiger partial charge < -0.3 is 15.8 Å². The van der Waals surface area contributed by atoms with E-state index in [0.717, 1.165) is 29.8 Å². The molecule has 1 aliphatic heterocycles. The van der Waals surface area contributed by atoms with E-state index in [4.69, 9.17) is 10.5 Å². The molecule has 1 saturated carbocycles. The van der Waals surface area contributed by atoms with Gasteiger partial charge in [-0.1, -0.05) is 38.1 Å². The Labute approximate surface area is 207 Å². The van der Waals surface area contributed by atoms with Crippen molar-refractivity contribution in [3.05, 3.63) is 59.7 Å². The van der Waals surface area contributed by atoms with Crippen LogP contribution in [0.25, 0.3) is 0 Å². The van der Waals surface area contributed by atoms with Crippen molar-refractivity contribution in [3.8, 4) is 5.75 Å². The molecule has 3 N–H and O–H groups in total. The number of guanidine groups is 1. The highest BCUT2D eigenvalue weighted by Crippen LogP contribution is 2.44. The molecule has 35 heavy (non-hydrogen) atoms. The SMILES string of the molecule is COc1ccc(NC(=O)CC2CCC2c2ccc(CN3C(=O)C(C)(CC(C)C)N=C3N)cc2)cc1. The van der Waals surface area contributed by atoms with Crippen molar-refractivity contribution >= 4 is 23.5 Å². The predicted molar refractivity (Wildman–Crippen MR) is 138 cm³/mol. The van der Waals surface area contributed by atoms with E-state index in [1.165, 1.54) is 5.56 Å². The number of benzene rings is 2. The minimum absolute atomic E-state index is 0.0327. The van der Waals surface area contributed by atoms with E-state index >= 15 is 0 Å². The Bertz CT molecular complexity index is 1090. The monoisotopic (exact) mass is 476 g/mol. The number of hydrogen-bond donors (Lipinski definition) is 2. The molecule has 4 rings (SSSR count). The van der Waals surface area contributed by atoms with Crippen LogP contribution in [0.3, 0.4) is 0 Å². The van der Waals surface area contributed by atoms with Crippen LogP contribution >= 0.6 is 0 Å². The first-order valence-corrected chi connectivity index (χ1v) is 12.4. The first-order chi connectivity index (χ1) is 16.7. The molecule has 186 valence electrons. The second-order valence-electron chi connectivity index (χ2n) is 10.4. The zero-order chi connectivity index (χ0) is 25.2. The van der Waals surface area contributed by atoms with Crippen molar-refractivity contribution in [3.63, 3.8) is 0 Å². The first-order valence-electron chi connectivity index (χ1n) is 12.4. The molecule has 0 saturated heterocycles. The number of hydrogen-bond acceptors (Lipinski definition) is 5. The van der Waals surface area contributed by atoms with E-state index in [-0.39, 0.29) is 11.8 Å². The number of amides is 2. The second-order valence-corrected chi connectivity index (χ2v) is 10.4. The van der Waals surface area contributed by atoms with Crippen molar-refractivity contribution in [2.24, 2.45) is 22.6 Å². The predicted octanol–water partition coefficient (Wildman–Crippen LogP) is 4.68. The molecule has 0 spiro atoms.